The Kier molecular flexibility index (Phi) is 20.2. The van der Waals surface area contributed by atoms with E-state index in [9.17, 15) is 46.2 Å². The van der Waals surface area contributed by atoms with E-state index in [4.69, 9.17) is 42.6 Å². The fourth-order valence-electron chi connectivity index (χ4n) is 12.7. The number of hydrogen-bond acceptors (Lipinski definition) is 20. The van der Waals surface area contributed by atoms with Crippen molar-refractivity contribution in [2.45, 2.75) is 138 Å². The predicted octanol–water partition coefficient (Wildman–Crippen LogP) is 5.90. The maximum atomic E-state index is 12.6. The minimum absolute atomic E-state index is 0.0678. The third kappa shape index (κ3) is 16.0. The number of halogens is 3. The highest BCUT2D eigenvalue weighted by molar-refractivity contribution is 7.88. The van der Waals surface area contributed by atoms with Gasteiger partial charge in [0.1, 0.15) is 49.5 Å². The zero-order valence-electron chi connectivity index (χ0n) is 51.2. The molecule has 2 N–H and O–H groups in total. The highest BCUT2D eigenvalue weighted by Crippen LogP contribution is 2.38. The van der Waals surface area contributed by atoms with Gasteiger partial charge < -0.3 is 57.0 Å². The number of aromatic nitrogens is 6. The van der Waals surface area contributed by atoms with Crippen LogP contribution in [0, 0.1) is 11.8 Å². The number of fused-ring (bicyclic) bond motifs is 9. The van der Waals surface area contributed by atoms with Crippen LogP contribution in [0.1, 0.15) is 85.6 Å². The lowest BCUT2D eigenvalue weighted by molar-refractivity contribution is -0.102. The number of benzene rings is 3. The number of hydrogen-bond donors (Lipinski definition) is 2. The molecule has 0 radical (unpaired) electrons. The van der Waals surface area contributed by atoms with Crippen molar-refractivity contribution in [2.24, 2.45) is 0 Å². The van der Waals surface area contributed by atoms with E-state index in [0.717, 1.165) is 117 Å². The number of nitrogens with zero attached hydrogens (tertiary/aromatic N) is 6. The summed E-state index contributed by atoms with van der Waals surface area (Å²) in [5.41, 5.74) is 1.67. The molecule has 5 fully saturated rings. The van der Waals surface area contributed by atoms with Crippen molar-refractivity contribution in [1.82, 2.24) is 28.7 Å². The Labute approximate surface area is 533 Å². The first-order chi connectivity index (χ1) is 44.8. The van der Waals surface area contributed by atoms with Crippen molar-refractivity contribution in [1.29, 1.82) is 0 Å². The van der Waals surface area contributed by atoms with Gasteiger partial charge in [-0.25, -0.2) is 14.4 Å². The van der Waals surface area contributed by atoms with E-state index < -0.39 is 38.3 Å². The smallest absolute Gasteiger partial charge is 0.475 e. The first-order valence-corrected chi connectivity index (χ1v) is 32.9. The van der Waals surface area contributed by atoms with Gasteiger partial charge in [0, 0.05) is 60.1 Å². The summed E-state index contributed by atoms with van der Waals surface area (Å²) in [5, 5.41) is 21.1. The monoisotopic (exact) mass is 1310 g/mol. The second kappa shape index (κ2) is 28.6. The Morgan fingerprint density at radius 3 is 1.44 bits per heavy atom. The van der Waals surface area contributed by atoms with Crippen LogP contribution < -0.4 is 35.5 Å². The Hall–Kier alpha value is -7.52. The minimum atomic E-state index is -5.78. The van der Waals surface area contributed by atoms with Crippen LogP contribution in [0.2, 0.25) is 0 Å². The molecule has 2 aliphatic carbocycles. The third-order valence-corrected chi connectivity index (χ3v) is 18.6. The standard InChI is InChI=1S/C24H30N2O5.C24H26N2O5.C18H17F3N2O7S/c2*27-23-25-22(31-16-19-15-29-11-12-30-19)14-21-20-4-3-17(13-18(20)6-10-26(21)23)5-9-24(28)7-1-2-8-24;19-18(20,21)31(25,26)30-12-1-2-14-11(7-12)3-4-23-15(14)8-16(22-17(23)24)29-10-13-9-27-5-6-28-13/h3-4,13-14,19,28H,1-2,5-12,15-16H2;3-4,13-14,19,28H,1-2,6-8,10-12,15-16H2;1-2,7-8,13H,3-6,9-10H2/t2*19-;13-/m111/s1. The second-order valence-corrected chi connectivity index (χ2v) is 25.8. The lowest BCUT2D eigenvalue weighted by atomic mass is 9.90. The molecule has 3 aromatic carbocycles. The zero-order chi connectivity index (χ0) is 64.7. The van der Waals surface area contributed by atoms with Crippen LogP contribution in [0.5, 0.6) is 23.4 Å². The molecule has 0 spiro atoms. The van der Waals surface area contributed by atoms with Crippen LogP contribution in [-0.2, 0) is 83.9 Å². The number of rotatable bonds is 14. The normalized spacial score (nSPS) is 20.8. The molecule has 8 aliphatic rings. The average molecular weight is 1310 g/mol. The Morgan fingerprint density at radius 1 is 0.559 bits per heavy atom. The molecule has 14 rings (SSSR count). The van der Waals surface area contributed by atoms with Crippen LogP contribution in [0.15, 0.2) is 87.2 Å². The summed E-state index contributed by atoms with van der Waals surface area (Å²) in [6.45, 7) is 6.69. The van der Waals surface area contributed by atoms with Gasteiger partial charge >= 0.3 is 32.7 Å². The van der Waals surface area contributed by atoms with E-state index in [1.807, 2.05) is 24.3 Å². The molecule has 0 bridgehead atoms. The summed E-state index contributed by atoms with van der Waals surface area (Å²) >= 11 is 0. The van der Waals surface area contributed by atoms with Crippen molar-refractivity contribution in [3.8, 4) is 69.0 Å². The fraction of sp³-hybridized carbons (Fsp3) is 0.515. The summed E-state index contributed by atoms with van der Waals surface area (Å²) in [5.74, 6) is 6.44. The van der Waals surface area contributed by atoms with E-state index >= 15 is 0 Å². The molecular formula is C66H73F3N6O17S. The van der Waals surface area contributed by atoms with Crippen LogP contribution in [0.25, 0.3) is 33.8 Å². The molecule has 6 aromatic rings. The first kappa shape index (κ1) is 65.5. The zero-order valence-corrected chi connectivity index (χ0v) is 52.0. The van der Waals surface area contributed by atoms with Gasteiger partial charge in [-0.05, 0) is 123 Å². The predicted molar refractivity (Wildman–Crippen MR) is 329 cm³/mol. The molecule has 3 aromatic heterocycles. The molecular weight excluding hydrogens is 1240 g/mol. The maximum Gasteiger partial charge on any atom is 0.534 e. The summed E-state index contributed by atoms with van der Waals surface area (Å²) < 4.78 is 119. The van der Waals surface area contributed by atoms with Gasteiger partial charge in [0.2, 0.25) is 17.6 Å². The molecule has 2 saturated carbocycles. The Bertz CT molecular complexity index is 4040. The molecule has 27 heteroatoms. The van der Waals surface area contributed by atoms with Gasteiger partial charge in [0.05, 0.1) is 82.1 Å². The fourth-order valence-corrected chi connectivity index (χ4v) is 13.1. The molecule has 0 amide bonds. The van der Waals surface area contributed by atoms with Gasteiger partial charge in [0.15, 0.2) is 0 Å². The van der Waals surface area contributed by atoms with Gasteiger partial charge in [-0.15, -0.1) is 0 Å². The van der Waals surface area contributed by atoms with Gasteiger partial charge in [-0.2, -0.15) is 36.5 Å². The van der Waals surface area contributed by atoms with Gasteiger partial charge in [-0.1, -0.05) is 48.9 Å². The molecule has 93 heavy (non-hydrogen) atoms. The molecule has 0 unspecified atom stereocenters. The van der Waals surface area contributed by atoms with E-state index in [2.05, 4.69) is 55.2 Å². The lowest BCUT2D eigenvalue weighted by Crippen LogP contribution is -2.34. The molecule has 6 aliphatic heterocycles. The molecule has 496 valence electrons. The van der Waals surface area contributed by atoms with Crippen LogP contribution >= 0.6 is 0 Å². The summed E-state index contributed by atoms with van der Waals surface area (Å²) in [6, 6.07) is 21.3. The number of aliphatic hydroxyl groups is 2. The quantitative estimate of drug-likeness (QED) is 0.0729. The molecule has 3 atom stereocenters. The van der Waals surface area contributed by atoms with Crippen molar-refractivity contribution in [3.63, 3.8) is 0 Å². The molecule has 3 saturated heterocycles. The Morgan fingerprint density at radius 2 is 0.989 bits per heavy atom. The molecule has 9 heterocycles. The number of alkyl halides is 3. The number of ether oxygens (including phenoxy) is 9. The summed E-state index contributed by atoms with van der Waals surface area (Å²) in [7, 11) is -5.78. The van der Waals surface area contributed by atoms with Crippen LogP contribution in [0.3, 0.4) is 0 Å². The topological polar surface area (TPSA) is 272 Å². The molecule has 23 nitrogen and oxygen atoms in total. The van der Waals surface area contributed by atoms with Crippen molar-refractivity contribution in [2.75, 3.05) is 79.3 Å². The third-order valence-electron chi connectivity index (χ3n) is 17.6. The van der Waals surface area contributed by atoms with Crippen LogP contribution in [0.4, 0.5) is 13.2 Å². The Balaban J connectivity index is 0.000000134. The van der Waals surface area contributed by atoms with E-state index in [1.54, 1.807) is 9.13 Å². The highest BCUT2D eigenvalue weighted by atomic mass is 32.2. The van der Waals surface area contributed by atoms with Gasteiger partial charge in [-0.3, -0.25) is 13.7 Å². The highest BCUT2D eigenvalue weighted by Gasteiger charge is 2.48. The van der Waals surface area contributed by atoms with Crippen molar-refractivity contribution < 1.29 is 78.6 Å². The average Bonchev–Trinajstić information content (AvgIpc) is 2.16. The first-order valence-electron chi connectivity index (χ1n) is 31.5. The maximum absolute atomic E-state index is 12.6. The largest absolute Gasteiger partial charge is 0.534 e. The summed E-state index contributed by atoms with van der Waals surface area (Å²) in [6.07, 6.45) is 10.6. The van der Waals surface area contributed by atoms with E-state index in [1.165, 1.54) is 33.9 Å². The second-order valence-electron chi connectivity index (χ2n) is 24.2. The van der Waals surface area contributed by atoms with Crippen molar-refractivity contribution in [3.05, 3.63) is 132 Å². The summed E-state index contributed by atoms with van der Waals surface area (Å²) in [4.78, 5) is 49.6. The number of aryl methyl sites for hydroxylation is 4. The lowest BCUT2D eigenvalue weighted by Gasteiger charge is -2.25. The van der Waals surface area contributed by atoms with E-state index in [0.29, 0.717) is 114 Å². The van der Waals surface area contributed by atoms with Crippen molar-refractivity contribution >= 4 is 10.1 Å². The van der Waals surface area contributed by atoms with Crippen LogP contribution in [-0.4, -0.2) is 162 Å². The van der Waals surface area contributed by atoms with Gasteiger partial charge in [0.25, 0.3) is 0 Å². The minimum Gasteiger partial charge on any atom is -0.475 e. The SMILES string of the molecule is O=c1nc(OC[C@H]2COCCO2)cc2n1CCc1cc(C#CC3(O)CCCC3)ccc1-2.O=c1nc(OC[C@H]2COCCO2)cc2n1CCc1cc(CCC3(O)CCCC3)ccc1-2.O=c1nc(OC[C@H]2COCCO2)cc2n1CCc1cc(OS(=O)(=O)C(F)(F)F)ccc1-2. The van der Waals surface area contributed by atoms with E-state index in [-0.39, 0.29) is 55.1 Å².